The average Bonchev–Trinajstić information content (AvgIpc) is 2.46. The van der Waals surface area contributed by atoms with Crippen LogP contribution in [0.1, 0.15) is 21.6 Å². The van der Waals surface area contributed by atoms with E-state index in [4.69, 9.17) is 21.1 Å². The van der Waals surface area contributed by atoms with Crippen LogP contribution in [0.5, 0.6) is 11.5 Å². The van der Waals surface area contributed by atoms with Crippen LogP contribution < -0.4 is 9.47 Å². The molecule has 0 amide bonds. The Hall–Kier alpha value is -2.07. The van der Waals surface area contributed by atoms with Crippen molar-refractivity contribution in [3.05, 3.63) is 52.3 Å². The topological polar surface area (TPSA) is 48.4 Å². The minimum absolute atomic E-state index is 0.255. The molecular formula is C15H14ClNO3. The summed E-state index contributed by atoms with van der Waals surface area (Å²) in [5, 5.41) is 0.422. The van der Waals surface area contributed by atoms with E-state index in [1.54, 1.807) is 12.3 Å². The number of hydrogen-bond donors (Lipinski definition) is 0. The molecule has 0 radical (unpaired) electrons. The Labute approximate surface area is 122 Å². The number of pyridine rings is 1. The number of carbonyl (C=O) groups excluding carboxylic acids is 1. The average molecular weight is 292 g/mol. The van der Waals surface area contributed by atoms with E-state index < -0.39 is 0 Å². The number of aromatic nitrogens is 1. The zero-order valence-electron chi connectivity index (χ0n) is 11.2. The van der Waals surface area contributed by atoms with Crippen molar-refractivity contribution in [1.82, 2.24) is 4.98 Å². The fraction of sp³-hybridized carbons (Fsp3) is 0.200. The number of halogens is 1. The number of methoxy groups -OCH3 is 1. The lowest BCUT2D eigenvalue weighted by molar-refractivity contribution is 0.111. The fourth-order valence-corrected chi connectivity index (χ4v) is 2.01. The summed E-state index contributed by atoms with van der Waals surface area (Å²) in [6.45, 7) is 2.21. The number of aryl methyl sites for hydroxylation is 1. The van der Waals surface area contributed by atoms with Crippen molar-refractivity contribution >= 4 is 17.9 Å². The molecule has 0 unspecified atom stereocenters. The summed E-state index contributed by atoms with van der Waals surface area (Å²) in [4.78, 5) is 15.4. The molecule has 5 heteroatoms. The van der Waals surface area contributed by atoms with E-state index in [2.05, 4.69) is 4.98 Å². The predicted octanol–water partition coefficient (Wildman–Crippen LogP) is 3.44. The molecule has 0 aliphatic heterocycles. The van der Waals surface area contributed by atoms with Gasteiger partial charge in [0.2, 0.25) is 0 Å². The summed E-state index contributed by atoms with van der Waals surface area (Å²) in [6, 6.07) is 6.96. The van der Waals surface area contributed by atoms with Crippen molar-refractivity contribution in [2.24, 2.45) is 0 Å². The van der Waals surface area contributed by atoms with Gasteiger partial charge in [0.05, 0.1) is 18.4 Å². The smallest absolute Gasteiger partial charge is 0.172 e. The highest BCUT2D eigenvalue weighted by Crippen LogP contribution is 2.34. The molecule has 0 spiro atoms. The second-order valence-electron chi connectivity index (χ2n) is 4.20. The Morgan fingerprint density at radius 3 is 2.85 bits per heavy atom. The van der Waals surface area contributed by atoms with E-state index in [1.165, 1.54) is 13.2 Å². The lowest BCUT2D eigenvalue weighted by atomic mass is 10.2. The highest BCUT2D eigenvalue weighted by Gasteiger charge is 2.13. The lowest BCUT2D eigenvalue weighted by Gasteiger charge is -2.13. The maximum absolute atomic E-state index is 11.1. The van der Waals surface area contributed by atoms with Crippen LogP contribution in [0.25, 0.3) is 0 Å². The standard InChI is InChI=1S/C15H14ClNO3/c1-10-4-3-5-17-13(10)9-20-15-11(8-18)6-12(16)7-14(15)19-2/h3-8H,9H2,1-2H3. The Morgan fingerprint density at radius 1 is 1.40 bits per heavy atom. The highest BCUT2D eigenvalue weighted by molar-refractivity contribution is 6.31. The second kappa shape index (κ2) is 6.39. The zero-order valence-corrected chi connectivity index (χ0v) is 12.0. The van der Waals surface area contributed by atoms with Crippen LogP contribution in [0.3, 0.4) is 0 Å². The first-order chi connectivity index (χ1) is 9.65. The van der Waals surface area contributed by atoms with Crippen LogP contribution in [0.15, 0.2) is 30.5 Å². The molecule has 0 saturated carbocycles. The third-order valence-corrected chi connectivity index (χ3v) is 3.08. The molecule has 0 fully saturated rings. The van der Waals surface area contributed by atoms with Crippen LogP contribution in [0.4, 0.5) is 0 Å². The van der Waals surface area contributed by atoms with Gasteiger partial charge in [-0.05, 0) is 24.6 Å². The van der Waals surface area contributed by atoms with Gasteiger partial charge < -0.3 is 9.47 Å². The first kappa shape index (κ1) is 14.3. The number of ether oxygens (including phenoxy) is 2. The van der Waals surface area contributed by atoms with Gasteiger partial charge >= 0.3 is 0 Å². The third kappa shape index (κ3) is 3.08. The number of aldehydes is 1. The van der Waals surface area contributed by atoms with Crippen molar-refractivity contribution in [3.63, 3.8) is 0 Å². The van der Waals surface area contributed by atoms with Gasteiger partial charge in [-0.3, -0.25) is 9.78 Å². The number of nitrogens with zero attached hydrogens (tertiary/aromatic N) is 1. The molecule has 0 saturated heterocycles. The van der Waals surface area contributed by atoms with Crippen LogP contribution in [0.2, 0.25) is 5.02 Å². The fourth-order valence-electron chi connectivity index (χ4n) is 1.79. The van der Waals surface area contributed by atoms with Gasteiger partial charge in [-0.1, -0.05) is 17.7 Å². The Bertz CT molecular complexity index is 629. The van der Waals surface area contributed by atoms with E-state index in [0.29, 0.717) is 28.4 Å². The summed E-state index contributed by atoms with van der Waals surface area (Å²) in [5.41, 5.74) is 2.18. The largest absolute Gasteiger partial charge is 0.493 e. The SMILES string of the molecule is COc1cc(Cl)cc(C=O)c1OCc1ncccc1C. The van der Waals surface area contributed by atoms with Gasteiger partial charge in [-0.25, -0.2) is 0 Å². The number of hydrogen-bond acceptors (Lipinski definition) is 4. The van der Waals surface area contributed by atoms with Crippen molar-refractivity contribution < 1.29 is 14.3 Å². The van der Waals surface area contributed by atoms with Crippen LogP contribution >= 0.6 is 11.6 Å². The van der Waals surface area contributed by atoms with Crippen molar-refractivity contribution in [2.75, 3.05) is 7.11 Å². The maximum Gasteiger partial charge on any atom is 0.172 e. The number of carbonyl (C=O) groups is 1. The van der Waals surface area contributed by atoms with Gasteiger partial charge in [0.1, 0.15) is 6.61 Å². The normalized spacial score (nSPS) is 10.2. The van der Waals surface area contributed by atoms with Crippen molar-refractivity contribution in [2.45, 2.75) is 13.5 Å². The molecule has 2 rings (SSSR count). The quantitative estimate of drug-likeness (QED) is 0.792. The molecule has 0 atom stereocenters. The first-order valence-electron chi connectivity index (χ1n) is 6.01. The van der Waals surface area contributed by atoms with E-state index >= 15 is 0 Å². The molecule has 0 N–H and O–H groups in total. The second-order valence-corrected chi connectivity index (χ2v) is 4.64. The van der Waals surface area contributed by atoms with Gasteiger partial charge in [-0.2, -0.15) is 0 Å². The van der Waals surface area contributed by atoms with E-state index in [-0.39, 0.29) is 6.61 Å². The van der Waals surface area contributed by atoms with Crippen molar-refractivity contribution in [1.29, 1.82) is 0 Å². The lowest BCUT2D eigenvalue weighted by Crippen LogP contribution is -2.04. The minimum atomic E-state index is 0.255. The Kier molecular flexibility index (Phi) is 4.58. The highest BCUT2D eigenvalue weighted by atomic mass is 35.5. The van der Waals surface area contributed by atoms with Crippen molar-refractivity contribution in [3.8, 4) is 11.5 Å². The summed E-state index contributed by atoms with van der Waals surface area (Å²) in [6.07, 6.45) is 2.39. The maximum atomic E-state index is 11.1. The molecule has 1 aromatic carbocycles. The summed E-state index contributed by atoms with van der Waals surface area (Å²) < 4.78 is 10.9. The summed E-state index contributed by atoms with van der Waals surface area (Å²) in [5.74, 6) is 0.796. The van der Waals surface area contributed by atoms with E-state index in [0.717, 1.165) is 11.3 Å². The van der Waals surface area contributed by atoms with E-state index in [9.17, 15) is 4.79 Å². The summed E-state index contributed by atoms with van der Waals surface area (Å²) >= 11 is 5.92. The molecule has 4 nitrogen and oxygen atoms in total. The van der Waals surface area contributed by atoms with Gasteiger partial charge in [0, 0.05) is 17.3 Å². The van der Waals surface area contributed by atoms with Gasteiger partial charge in [0.15, 0.2) is 17.8 Å². The summed E-state index contributed by atoms with van der Waals surface area (Å²) in [7, 11) is 1.50. The van der Waals surface area contributed by atoms with Crippen LogP contribution in [0, 0.1) is 6.92 Å². The van der Waals surface area contributed by atoms with E-state index in [1.807, 2.05) is 19.1 Å². The van der Waals surface area contributed by atoms with Gasteiger partial charge in [0.25, 0.3) is 0 Å². The van der Waals surface area contributed by atoms with Crippen LogP contribution in [-0.4, -0.2) is 18.4 Å². The predicted molar refractivity (Wildman–Crippen MR) is 76.7 cm³/mol. The zero-order chi connectivity index (χ0) is 14.5. The van der Waals surface area contributed by atoms with Crippen LogP contribution in [-0.2, 0) is 6.61 Å². The molecule has 1 aromatic heterocycles. The molecule has 2 aromatic rings. The minimum Gasteiger partial charge on any atom is -0.493 e. The number of rotatable bonds is 5. The first-order valence-corrected chi connectivity index (χ1v) is 6.39. The molecule has 104 valence electrons. The molecule has 0 aliphatic carbocycles. The molecular weight excluding hydrogens is 278 g/mol. The Balaban J connectivity index is 2.29. The van der Waals surface area contributed by atoms with Gasteiger partial charge in [-0.15, -0.1) is 0 Å². The molecule has 1 heterocycles. The Morgan fingerprint density at radius 2 is 2.20 bits per heavy atom. The number of benzene rings is 1. The third-order valence-electron chi connectivity index (χ3n) is 2.87. The molecule has 0 aliphatic rings. The monoisotopic (exact) mass is 291 g/mol. The molecule has 20 heavy (non-hydrogen) atoms. The molecule has 0 bridgehead atoms.